The first-order valence-electron chi connectivity index (χ1n) is 7.76. The molecule has 0 fully saturated rings. The van der Waals surface area contributed by atoms with Gasteiger partial charge in [0.2, 0.25) is 0 Å². The van der Waals surface area contributed by atoms with Crippen molar-refractivity contribution in [3.8, 4) is 11.1 Å². The van der Waals surface area contributed by atoms with E-state index in [9.17, 15) is 13.6 Å². The van der Waals surface area contributed by atoms with Gasteiger partial charge >= 0.3 is 6.55 Å². The lowest BCUT2D eigenvalue weighted by Crippen LogP contribution is -2.21. The Morgan fingerprint density at radius 1 is 0.962 bits per heavy atom. The molecule has 0 unspecified atom stereocenters. The molecule has 0 aliphatic rings. The molecule has 132 valence electrons. The van der Waals surface area contributed by atoms with Crippen molar-refractivity contribution in [2.75, 3.05) is 0 Å². The molecule has 2 aromatic carbocycles. The predicted octanol–water partition coefficient (Wildman–Crippen LogP) is 5.86. The largest absolute Gasteiger partial charge is 0.320 e. The molecule has 0 N–H and O–H groups in total. The van der Waals surface area contributed by atoms with E-state index in [0.717, 1.165) is 4.57 Å². The van der Waals surface area contributed by atoms with Crippen molar-refractivity contribution in [1.82, 2.24) is 9.13 Å². The van der Waals surface area contributed by atoms with Gasteiger partial charge in [0.25, 0.3) is 5.56 Å². The van der Waals surface area contributed by atoms with E-state index in [1.165, 1.54) is 11.6 Å². The summed E-state index contributed by atoms with van der Waals surface area (Å²) in [5, 5.41) is 1.98. The highest BCUT2D eigenvalue weighted by molar-refractivity contribution is 6.36. The van der Waals surface area contributed by atoms with Gasteiger partial charge in [-0.05, 0) is 24.3 Å². The van der Waals surface area contributed by atoms with Crippen LogP contribution in [0, 0.1) is 0 Å². The number of para-hydroxylation sites is 1. The molecule has 0 bridgehead atoms. The van der Waals surface area contributed by atoms with Gasteiger partial charge in [0, 0.05) is 34.0 Å². The molecule has 0 amide bonds. The van der Waals surface area contributed by atoms with Gasteiger partial charge in [-0.2, -0.15) is 8.78 Å². The minimum atomic E-state index is -2.77. The number of alkyl halides is 2. The second-order valence-corrected chi connectivity index (χ2v) is 6.79. The normalized spacial score (nSPS) is 11.8. The summed E-state index contributed by atoms with van der Waals surface area (Å²) in [6.07, 6.45) is 0. The zero-order valence-electron chi connectivity index (χ0n) is 13.5. The first-order valence-corrected chi connectivity index (χ1v) is 8.52. The number of aryl methyl sites for hydroxylation is 1. The Hall–Kier alpha value is -2.37. The van der Waals surface area contributed by atoms with Crippen LogP contribution < -0.4 is 5.56 Å². The van der Waals surface area contributed by atoms with Crippen LogP contribution in [0.2, 0.25) is 10.0 Å². The number of pyridine rings is 1. The van der Waals surface area contributed by atoms with Crippen molar-refractivity contribution in [3.63, 3.8) is 0 Å². The van der Waals surface area contributed by atoms with Crippen LogP contribution in [0.3, 0.4) is 0 Å². The van der Waals surface area contributed by atoms with Crippen molar-refractivity contribution in [2.45, 2.75) is 6.55 Å². The zero-order chi connectivity index (χ0) is 18.6. The Balaban J connectivity index is 2.18. The van der Waals surface area contributed by atoms with E-state index >= 15 is 0 Å². The number of benzene rings is 2. The summed E-state index contributed by atoms with van der Waals surface area (Å²) in [4.78, 5) is 12.9. The van der Waals surface area contributed by atoms with Crippen LogP contribution in [0.4, 0.5) is 8.78 Å². The zero-order valence-corrected chi connectivity index (χ0v) is 15.0. The minimum absolute atomic E-state index is 0.167. The van der Waals surface area contributed by atoms with Gasteiger partial charge in [0.05, 0.1) is 10.5 Å². The molecule has 0 saturated heterocycles. The Kier molecular flexibility index (Phi) is 4.01. The number of rotatable bonds is 2. The van der Waals surface area contributed by atoms with Gasteiger partial charge in [0.15, 0.2) is 0 Å². The van der Waals surface area contributed by atoms with Gasteiger partial charge in [-0.15, -0.1) is 0 Å². The third-order valence-electron chi connectivity index (χ3n) is 4.48. The maximum Gasteiger partial charge on any atom is 0.320 e. The number of fused-ring (bicyclic) bond motifs is 3. The molecule has 0 aliphatic carbocycles. The van der Waals surface area contributed by atoms with Crippen molar-refractivity contribution < 1.29 is 8.78 Å². The van der Waals surface area contributed by atoms with Gasteiger partial charge < -0.3 is 0 Å². The standard InChI is InChI=1S/C19H12Cl2F2N2O/c1-24-17-13(12-4-2-3-5-16(12)25(17)19(22)23)9-14(18(24)26)11-7-6-10(20)8-15(11)21/h2-9,19H,1H3. The first-order chi connectivity index (χ1) is 12.4. The van der Waals surface area contributed by atoms with Gasteiger partial charge in [0.1, 0.15) is 5.65 Å². The van der Waals surface area contributed by atoms with E-state index in [2.05, 4.69) is 0 Å². The van der Waals surface area contributed by atoms with E-state index in [-0.39, 0.29) is 5.65 Å². The number of halogens is 4. The van der Waals surface area contributed by atoms with Crippen molar-refractivity contribution in [3.05, 3.63) is 68.9 Å². The summed E-state index contributed by atoms with van der Waals surface area (Å²) in [5.74, 6) is 0. The molecule has 3 nitrogen and oxygen atoms in total. The number of hydrogen-bond donors (Lipinski definition) is 0. The quantitative estimate of drug-likeness (QED) is 0.419. The number of nitrogens with zero attached hydrogens (tertiary/aromatic N) is 2. The van der Waals surface area contributed by atoms with Gasteiger partial charge in [-0.25, -0.2) is 0 Å². The van der Waals surface area contributed by atoms with E-state index in [0.29, 0.717) is 37.5 Å². The molecule has 2 aromatic heterocycles. The molecule has 4 rings (SSSR count). The lowest BCUT2D eigenvalue weighted by atomic mass is 10.0. The van der Waals surface area contributed by atoms with Gasteiger partial charge in [-0.1, -0.05) is 47.5 Å². The highest BCUT2D eigenvalue weighted by Gasteiger charge is 2.21. The van der Waals surface area contributed by atoms with Crippen molar-refractivity contribution >= 4 is 45.1 Å². The second kappa shape index (κ2) is 6.11. The maximum atomic E-state index is 13.7. The Morgan fingerprint density at radius 2 is 1.69 bits per heavy atom. The molecular formula is C19H12Cl2F2N2O. The van der Waals surface area contributed by atoms with Crippen LogP contribution in [-0.4, -0.2) is 9.13 Å². The summed E-state index contributed by atoms with van der Waals surface area (Å²) in [5.41, 5.74) is 0.963. The topological polar surface area (TPSA) is 26.9 Å². The molecule has 0 aliphatic heterocycles. The lowest BCUT2D eigenvalue weighted by molar-refractivity contribution is 0.0785. The average molecular weight is 393 g/mol. The van der Waals surface area contributed by atoms with Crippen LogP contribution in [0.25, 0.3) is 33.1 Å². The van der Waals surface area contributed by atoms with Crippen LogP contribution >= 0.6 is 23.2 Å². The lowest BCUT2D eigenvalue weighted by Gasteiger charge is -2.11. The van der Waals surface area contributed by atoms with Crippen LogP contribution in [0.1, 0.15) is 6.55 Å². The fourth-order valence-electron chi connectivity index (χ4n) is 3.34. The molecule has 0 spiro atoms. The van der Waals surface area contributed by atoms with Crippen molar-refractivity contribution in [2.24, 2.45) is 7.05 Å². The Morgan fingerprint density at radius 3 is 2.38 bits per heavy atom. The molecule has 4 aromatic rings. The van der Waals surface area contributed by atoms with Crippen LogP contribution in [-0.2, 0) is 7.05 Å². The van der Waals surface area contributed by atoms with E-state index in [1.54, 1.807) is 48.5 Å². The molecule has 0 radical (unpaired) electrons. The van der Waals surface area contributed by atoms with E-state index in [1.807, 2.05) is 0 Å². The number of aromatic nitrogens is 2. The average Bonchev–Trinajstić information content (AvgIpc) is 2.93. The second-order valence-electron chi connectivity index (χ2n) is 5.95. The highest BCUT2D eigenvalue weighted by Crippen LogP contribution is 2.35. The molecule has 7 heteroatoms. The van der Waals surface area contributed by atoms with Crippen LogP contribution in [0.5, 0.6) is 0 Å². The molecule has 26 heavy (non-hydrogen) atoms. The first kappa shape index (κ1) is 17.1. The molecule has 0 atom stereocenters. The summed E-state index contributed by atoms with van der Waals surface area (Å²) < 4.78 is 29.5. The summed E-state index contributed by atoms with van der Waals surface area (Å²) in [6.45, 7) is -2.77. The predicted molar refractivity (Wildman–Crippen MR) is 101 cm³/mol. The van der Waals surface area contributed by atoms with Crippen LogP contribution in [0.15, 0.2) is 53.3 Å². The molecule has 0 saturated carbocycles. The van der Waals surface area contributed by atoms with Gasteiger partial charge in [-0.3, -0.25) is 13.9 Å². The Labute approximate surface area is 157 Å². The van der Waals surface area contributed by atoms with Crippen molar-refractivity contribution in [1.29, 1.82) is 0 Å². The fourth-order valence-corrected chi connectivity index (χ4v) is 3.85. The summed E-state index contributed by atoms with van der Waals surface area (Å²) in [7, 11) is 1.48. The maximum absolute atomic E-state index is 13.7. The Bertz CT molecular complexity index is 1230. The summed E-state index contributed by atoms with van der Waals surface area (Å²) in [6, 6.07) is 13.3. The minimum Gasteiger partial charge on any atom is -0.297 e. The third-order valence-corrected chi connectivity index (χ3v) is 5.03. The highest BCUT2D eigenvalue weighted by atomic mass is 35.5. The summed E-state index contributed by atoms with van der Waals surface area (Å²) >= 11 is 12.2. The molecule has 2 heterocycles. The fraction of sp³-hybridized carbons (Fsp3) is 0.105. The third kappa shape index (κ3) is 2.42. The van der Waals surface area contributed by atoms with E-state index < -0.39 is 12.1 Å². The van der Waals surface area contributed by atoms with E-state index in [4.69, 9.17) is 23.2 Å². The molecular weight excluding hydrogens is 381 g/mol. The number of hydrogen-bond acceptors (Lipinski definition) is 1. The SMILES string of the molecule is Cn1c(=O)c(-c2ccc(Cl)cc2Cl)cc2c3ccccc3n(C(F)F)c21. The monoisotopic (exact) mass is 392 g/mol. The smallest absolute Gasteiger partial charge is 0.297 e.